The van der Waals surface area contributed by atoms with Crippen molar-refractivity contribution in [3.8, 4) is 0 Å². The number of hydrogen-bond donors (Lipinski definition) is 1. The van der Waals surface area contributed by atoms with Gasteiger partial charge >= 0.3 is 5.97 Å². The molecule has 4 bridgehead atoms. The Hall–Kier alpha value is -2.26. The molecule has 184 valence electrons. The molecule has 5 fully saturated rings. The van der Waals surface area contributed by atoms with E-state index in [0.29, 0.717) is 30.8 Å². The normalized spacial score (nSPS) is 30.3. The van der Waals surface area contributed by atoms with Crippen LogP contribution in [0.4, 0.5) is 0 Å². The Balaban J connectivity index is 1.10. The van der Waals surface area contributed by atoms with E-state index < -0.39 is 28.4 Å². The van der Waals surface area contributed by atoms with Gasteiger partial charge in [-0.2, -0.15) is 4.31 Å². The second-order valence-corrected chi connectivity index (χ2v) is 12.5. The number of sulfonamides is 1. The van der Waals surface area contributed by atoms with E-state index in [9.17, 15) is 22.8 Å². The van der Waals surface area contributed by atoms with Crippen LogP contribution >= 0.6 is 0 Å². The molecule has 1 aromatic rings. The van der Waals surface area contributed by atoms with Crippen molar-refractivity contribution in [3.05, 3.63) is 29.8 Å². The van der Waals surface area contributed by atoms with Gasteiger partial charge in [-0.1, -0.05) is 0 Å². The van der Waals surface area contributed by atoms with Crippen molar-refractivity contribution in [1.29, 1.82) is 0 Å². The first-order chi connectivity index (χ1) is 16.2. The molecule has 4 aliphatic carbocycles. The van der Waals surface area contributed by atoms with Crippen LogP contribution in [0.3, 0.4) is 0 Å². The molecule has 1 N–H and O–H groups in total. The molecule has 1 aromatic carbocycles. The Bertz CT molecular complexity index is 1040. The van der Waals surface area contributed by atoms with Gasteiger partial charge in [0.15, 0.2) is 12.4 Å². The molecule has 0 unspecified atom stereocenters. The van der Waals surface area contributed by atoms with Crippen LogP contribution < -0.4 is 5.32 Å². The minimum Gasteiger partial charge on any atom is -0.456 e. The van der Waals surface area contributed by atoms with Crippen molar-refractivity contribution in [1.82, 2.24) is 9.62 Å². The summed E-state index contributed by atoms with van der Waals surface area (Å²) in [5.74, 6) is 0.783. The van der Waals surface area contributed by atoms with Crippen LogP contribution in [-0.4, -0.2) is 56.6 Å². The lowest BCUT2D eigenvalue weighted by Gasteiger charge is -2.55. The quantitative estimate of drug-likeness (QED) is 0.445. The zero-order valence-corrected chi connectivity index (χ0v) is 20.1. The number of Topliss-reactive ketones (excluding diaryl/α,β-unsaturated/α-hetero) is 1. The third kappa shape index (κ3) is 4.52. The minimum atomic E-state index is -3.54. The Morgan fingerprint density at radius 1 is 0.941 bits per heavy atom. The maximum atomic E-state index is 12.9. The SMILES string of the molecule is O=C(CNC(=O)C12CC3CC(CC(C3)C1)C2)OCC(=O)c1ccc(S(=O)(=O)N2CCCC2)cc1. The van der Waals surface area contributed by atoms with Crippen molar-refractivity contribution in [2.24, 2.45) is 23.2 Å². The lowest BCUT2D eigenvalue weighted by atomic mass is 9.49. The number of ketones is 1. The molecule has 0 spiro atoms. The third-order valence-corrected chi connectivity index (χ3v) is 10.1. The zero-order valence-electron chi connectivity index (χ0n) is 19.3. The Labute approximate surface area is 200 Å². The van der Waals surface area contributed by atoms with Gasteiger partial charge in [-0.05, 0) is 93.4 Å². The summed E-state index contributed by atoms with van der Waals surface area (Å²) >= 11 is 0. The molecule has 0 aromatic heterocycles. The fraction of sp³-hybridized carbons (Fsp3) is 0.640. The lowest BCUT2D eigenvalue weighted by Crippen LogP contribution is -2.54. The summed E-state index contributed by atoms with van der Waals surface area (Å²) in [4.78, 5) is 37.7. The minimum absolute atomic E-state index is 0.0512. The number of nitrogens with zero attached hydrogens (tertiary/aromatic N) is 1. The predicted molar refractivity (Wildman–Crippen MR) is 123 cm³/mol. The smallest absolute Gasteiger partial charge is 0.325 e. The van der Waals surface area contributed by atoms with E-state index in [1.807, 2.05) is 0 Å². The van der Waals surface area contributed by atoms with E-state index in [1.54, 1.807) is 0 Å². The highest BCUT2D eigenvalue weighted by Crippen LogP contribution is 2.60. The van der Waals surface area contributed by atoms with Gasteiger partial charge in [-0.25, -0.2) is 8.42 Å². The second-order valence-electron chi connectivity index (χ2n) is 10.6. The molecule has 6 rings (SSSR count). The molecule has 1 amide bonds. The van der Waals surface area contributed by atoms with Gasteiger partial charge in [-0.15, -0.1) is 0 Å². The molecule has 1 saturated heterocycles. The van der Waals surface area contributed by atoms with Crippen molar-refractivity contribution < 1.29 is 27.5 Å². The van der Waals surface area contributed by atoms with Crippen LogP contribution in [0.25, 0.3) is 0 Å². The number of nitrogens with one attached hydrogen (secondary N) is 1. The summed E-state index contributed by atoms with van der Waals surface area (Å²) in [7, 11) is -3.54. The first-order valence-corrected chi connectivity index (χ1v) is 13.8. The molecular weight excluding hydrogens is 456 g/mol. The van der Waals surface area contributed by atoms with Gasteiger partial charge in [-0.3, -0.25) is 14.4 Å². The molecule has 1 aliphatic heterocycles. The highest BCUT2D eigenvalue weighted by Gasteiger charge is 2.54. The van der Waals surface area contributed by atoms with Gasteiger partial charge in [0.25, 0.3) is 0 Å². The zero-order chi connectivity index (χ0) is 23.9. The molecule has 0 atom stereocenters. The standard InChI is InChI=1S/C25H32N2O6S/c28-22(20-3-5-21(6-4-20)34(31,32)27-7-1-2-8-27)16-33-23(29)15-26-24(30)25-12-17-9-18(13-25)11-19(10-17)14-25/h3-6,17-19H,1-2,7-16H2,(H,26,30). The summed E-state index contributed by atoms with van der Waals surface area (Å²) in [6, 6.07) is 5.70. The van der Waals surface area contributed by atoms with Crippen LogP contribution in [0, 0.1) is 23.2 Å². The lowest BCUT2D eigenvalue weighted by molar-refractivity contribution is -0.150. The topological polar surface area (TPSA) is 110 Å². The van der Waals surface area contributed by atoms with E-state index in [0.717, 1.165) is 32.1 Å². The van der Waals surface area contributed by atoms with Gasteiger partial charge < -0.3 is 10.1 Å². The van der Waals surface area contributed by atoms with E-state index in [4.69, 9.17) is 4.74 Å². The fourth-order valence-corrected chi connectivity index (χ4v) is 8.42. The number of amides is 1. The van der Waals surface area contributed by atoms with Crippen LogP contribution in [0.5, 0.6) is 0 Å². The van der Waals surface area contributed by atoms with Crippen molar-refractivity contribution >= 4 is 27.7 Å². The summed E-state index contributed by atoms with van der Waals surface area (Å²) in [5.41, 5.74) is -0.0621. The number of carbonyl (C=O) groups excluding carboxylic acids is 3. The monoisotopic (exact) mass is 488 g/mol. The highest BCUT2D eigenvalue weighted by atomic mass is 32.2. The van der Waals surface area contributed by atoms with E-state index in [1.165, 1.54) is 47.8 Å². The van der Waals surface area contributed by atoms with Gasteiger partial charge in [0.05, 0.1) is 4.90 Å². The number of rotatable bonds is 8. The first-order valence-electron chi connectivity index (χ1n) is 12.3. The molecule has 8 nitrogen and oxygen atoms in total. The Kier molecular flexibility index (Phi) is 6.27. The summed E-state index contributed by atoms with van der Waals surface area (Å²) in [6.07, 6.45) is 8.17. The molecule has 0 radical (unpaired) electrons. The second kappa shape index (κ2) is 9.07. The van der Waals surface area contributed by atoms with Crippen LogP contribution in [0.15, 0.2) is 29.2 Å². The summed E-state index contributed by atoms with van der Waals surface area (Å²) in [5, 5.41) is 2.76. The molecular formula is C25H32N2O6S. The van der Waals surface area contributed by atoms with Crippen LogP contribution in [0.1, 0.15) is 61.7 Å². The number of carbonyl (C=O) groups is 3. The molecule has 34 heavy (non-hydrogen) atoms. The highest BCUT2D eigenvalue weighted by molar-refractivity contribution is 7.89. The third-order valence-electron chi connectivity index (χ3n) is 8.16. The first kappa shape index (κ1) is 23.5. The van der Waals surface area contributed by atoms with Gasteiger partial charge in [0.2, 0.25) is 15.9 Å². The van der Waals surface area contributed by atoms with Crippen LogP contribution in [-0.2, 0) is 24.3 Å². The number of ether oxygens (including phenoxy) is 1. The van der Waals surface area contributed by atoms with E-state index in [2.05, 4.69) is 5.32 Å². The average molecular weight is 489 g/mol. The van der Waals surface area contributed by atoms with Crippen LogP contribution in [0.2, 0.25) is 0 Å². The van der Waals surface area contributed by atoms with E-state index >= 15 is 0 Å². The predicted octanol–water partition coefficient (Wildman–Crippen LogP) is 2.53. The van der Waals surface area contributed by atoms with E-state index in [-0.39, 0.29) is 28.3 Å². The summed E-state index contributed by atoms with van der Waals surface area (Å²) in [6.45, 7) is 0.321. The Morgan fingerprint density at radius 2 is 1.50 bits per heavy atom. The number of benzene rings is 1. The molecule has 5 aliphatic rings. The van der Waals surface area contributed by atoms with Crippen molar-refractivity contribution in [2.45, 2.75) is 56.3 Å². The number of hydrogen-bond acceptors (Lipinski definition) is 6. The number of esters is 1. The van der Waals surface area contributed by atoms with Gasteiger partial charge in [0, 0.05) is 24.1 Å². The maximum Gasteiger partial charge on any atom is 0.325 e. The average Bonchev–Trinajstić information content (AvgIpc) is 3.36. The summed E-state index contributed by atoms with van der Waals surface area (Å²) < 4.78 is 31.7. The maximum absolute atomic E-state index is 12.9. The molecule has 1 heterocycles. The molecule has 4 saturated carbocycles. The van der Waals surface area contributed by atoms with Crippen molar-refractivity contribution in [2.75, 3.05) is 26.2 Å². The Morgan fingerprint density at radius 3 is 2.06 bits per heavy atom. The molecule has 9 heteroatoms. The fourth-order valence-electron chi connectivity index (χ4n) is 6.90. The van der Waals surface area contributed by atoms with Gasteiger partial charge in [0.1, 0.15) is 6.54 Å². The van der Waals surface area contributed by atoms with Crippen molar-refractivity contribution in [3.63, 3.8) is 0 Å². The largest absolute Gasteiger partial charge is 0.456 e.